The highest BCUT2D eigenvalue weighted by Crippen LogP contribution is 2.39. The van der Waals surface area contributed by atoms with Gasteiger partial charge in [-0.15, -0.1) is 11.3 Å². The van der Waals surface area contributed by atoms with Gasteiger partial charge in [-0.25, -0.2) is 4.98 Å². The van der Waals surface area contributed by atoms with E-state index in [2.05, 4.69) is 197 Å². The molecule has 0 amide bonds. The van der Waals surface area contributed by atoms with Crippen molar-refractivity contribution in [2.24, 2.45) is 0 Å². The molecule has 0 radical (unpaired) electrons. The molecule has 0 aliphatic heterocycles. The van der Waals surface area contributed by atoms with Gasteiger partial charge in [0.25, 0.3) is 0 Å². The molecule has 0 aliphatic rings. The molecule has 3 aromatic heterocycles. The van der Waals surface area contributed by atoms with E-state index in [-0.39, 0.29) is 0 Å². The summed E-state index contributed by atoms with van der Waals surface area (Å²) in [6, 6.07) is 68.0. The molecule has 0 unspecified atom stereocenters. The normalized spacial score (nSPS) is 11.8. The van der Waals surface area contributed by atoms with Crippen LogP contribution in [0.5, 0.6) is 0 Å². The van der Waals surface area contributed by atoms with Gasteiger partial charge in [0.1, 0.15) is 5.01 Å². The fraction of sp³-hybridized carbons (Fsp3) is 0. The van der Waals surface area contributed by atoms with Crippen molar-refractivity contribution in [3.63, 3.8) is 0 Å². The highest BCUT2D eigenvalue weighted by Gasteiger charge is 2.16. The average Bonchev–Trinajstić information content (AvgIpc) is 3.91. The molecule has 53 heavy (non-hydrogen) atoms. The summed E-state index contributed by atoms with van der Waals surface area (Å²) in [5.74, 6) is 0. The summed E-state index contributed by atoms with van der Waals surface area (Å²) in [6.45, 7) is 0. The quantitative estimate of drug-likeness (QED) is 0.176. The summed E-state index contributed by atoms with van der Waals surface area (Å²) in [5.41, 5.74) is 14.1. The van der Waals surface area contributed by atoms with Crippen molar-refractivity contribution in [1.82, 2.24) is 14.1 Å². The Kier molecular flexibility index (Phi) is 6.73. The molecule has 0 N–H and O–H groups in total. The van der Waals surface area contributed by atoms with Crippen LogP contribution in [0.15, 0.2) is 188 Å². The molecule has 4 heteroatoms. The third-order valence-corrected chi connectivity index (χ3v) is 11.6. The van der Waals surface area contributed by atoms with Crippen molar-refractivity contribution in [2.45, 2.75) is 0 Å². The van der Waals surface area contributed by atoms with Crippen molar-refractivity contribution in [3.05, 3.63) is 188 Å². The zero-order valence-corrected chi connectivity index (χ0v) is 29.5. The molecule has 0 saturated heterocycles. The van der Waals surface area contributed by atoms with Crippen LogP contribution in [0.4, 0.5) is 0 Å². The average molecular weight is 694 g/mol. The van der Waals surface area contributed by atoms with E-state index >= 15 is 0 Å². The number of para-hydroxylation sites is 4. The molecule has 8 aromatic carbocycles. The number of hydrogen-bond acceptors (Lipinski definition) is 2. The Morgan fingerprint density at radius 3 is 1.49 bits per heavy atom. The van der Waals surface area contributed by atoms with Gasteiger partial charge in [-0.3, -0.25) is 0 Å². The van der Waals surface area contributed by atoms with Crippen LogP contribution in [0, 0.1) is 0 Å². The first kappa shape index (κ1) is 29.9. The van der Waals surface area contributed by atoms with E-state index in [4.69, 9.17) is 4.98 Å². The van der Waals surface area contributed by atoms with Crippen LogP contribution in [-0.2, 0) is 0 Å². The maximum absolute atomic E-state index is 4.95. The first-order valence-electron chi connectivity index (χ1n) is 18.0. The Morgan fingerprint density at radius 1 is 0.340 bits per heavy atom. The fourth-order valence-corrected chi connectivity index (χ4v) is 9.03. The maximum atomic E-state index is 4.95. The second-order valence-corrected chi connectivity index (χ2v) is 14.6. The van der Waals surface area contributed by atoms with E-state index in [1.807, 2.05) is 0 Å². The van der Waals surface area contributed by atoms with Gasteiger partial charge in [0.15, 0.2) is 0 Å². The summed E-state index contributed by atoms with van der Waals surface area (Å²) >= 11 is 1.74. The zero-order valence-electron chi connectivity index (χ0n) is 28.6. The van der Waals surface area contributed by atoms with Gasteiger partial charge < -0.3 is 9.13 Å². The van der Waals surface area contributed by atoms with E-state index in [1.54, 1.807) is 11.3 Å². The smallest absolute Gasteiger partial charge is 0.124 e. The minimum Gasteiger partial charge on any atom is -0.309 e. The lowest BCUT2D eigenvalue weighted by atomic mass is 9.98. The van der Waals surface area contributed by atoms with Crippen LogP contribution in [0.25, 0.3) is 98.0 Å². The van der Waals surface area contributed by atoms with E-state index in [9.17, 15) is 0 Å². The van der Waals surface area contributed by atoms with Crippen molar-refractivity contribution in [1.29, 1.82) is 0 Å². The first-order chi connectivity index (χ1) is 26.3. The largest absolute Gasteiger partial charge is 0.309 e. The van der Waals surface area contributed by atoms with Crippen LogP contribution in [-0.4, -0.2) is 14.1 Å². The number of rotatable bonds is 5. The Hall–Kier alpha value is -6.75. The van der Waals surface area contributed by atoms with Crippen LogP contribution >= 0.6 is 11.3 Å². The maximum Gasteiger partial charge on any atom is 0.124 e. The van der Waals surface area contributed by atoms with Crippen LogP contribution in [0.3, 0.4) is 0 Å². The standard InChI is InChI=1S/C49H31N3S/c1-2-12-37(13-3-1)51-44-18-7-4-15-39(44)41-30-34(25-27-46(41)51)32-21-23-33(24-22-32)35-26-28-47-42(31-35)40-16-5-8-19-45(40)52(47)38-14-10-11-36(29-38)49-50-43-17-6-9-20-48(43)53-49/h1-31H. The summed E-state index contributed by atoms with van der Waals surface area (Å²) in [5, 5.41) is 6.06. The predicted molar refractivity (Wildman–Crippen MR) is 225 cm³/mol. The molecule has 11 rings (SSSR count). The summed E-state index contributed by atoms with van der Waals surface area (Å²) in [7, 11) is 0. The molecular formula is C49H31N3S. The molecule has 0 saturated carbocycles. The summed E-state index contributed by atoms with van der Waals surface area (Å²) in [4.78, 5) is 4.95. The molecule has 0 fully saturated rings. The lowest BCUT2D eigenvalue weighted by molar-refractivity contribution is 1.18. The third-order valence-electron chi connectivity index (χ3n) is 10.6. The van der Waals surface area contributed by atoms with E-state index in [0.717, 1.165) is 21.8 Å². The molecule has 3 heterocycles. The molecule has 0 bridgehead atoms. The Labute approximate surface area is 310 Å². The SMILES string of the molecule is c1ccc(-n2c3ccccc3c3cc(-c4ccc(-c5ccc6c(c5)c5ccccc5n6-c5cccc(-c6nc7ccccc7s6)c5)cc4)ccc32)cc1. The lowest BCUT2D eigenvalue weighted by Crippen LogP contribution is -1.94. The van der Waals surface area contributed by atoms with Crippen molar-refractivity contribution >= 4 is 65.2 Å². The fourth-order valence-electron chi connectivity index (χ4n) is 8.07. The Morgan fingerprint density at radius 2 is 0.849 bits per heavy atom. The molecule has 248 valence electrons. The van der Waals surface area contributed by atoms with Gasteiger partial charge in [-0.05, 0) is 95.1 Å². The van der Waals surface area contributed by atoms with Gasteiger partial charge in [-0.1, -0.05) is 115 Å². The Balaban J connectivity index is 0.971. The van der Waals surface area contributed by atoms with Crippen LogP contribution < -0.4 is 0 Å². The number of benzene rings is 8. The molecule has 3 nitrogen and oxygen atoms in total. The van der Waals surface area contributed by atoms with E-state index in [0.29, 0.717) is 0 Å². The monoisotopic (exact) mass is 693 g/mol. The van der Waals surface area contributed by atoms with E-state index < -0.39 is 0 Å². The van der Waals surface area contributed by atoms with Crippen LogP contribution in [0.2, 0.25) is 0 Å². The van der Waals surface area contributed by atoms with Gasteiger partial charge in [0, 0.05) is 38.5 Å². The van der Waals surface area contributed by atoms with Crippen LogP contribution in [0.1, 0.15) is 0 Å². The molecular weight excluding hydrogens is 663 g/mol. The number of nitrogens with zero attached hydrogens (tertiary/aromatic N) is 3. The second-order valence-electron chi connectivity index (χ2n) is 13.6. The van der Waals surface area contributed by atoms with Gasteiger partial charge in [0.2, 0.25) is 0 Å². The molecule has 0 spiro atoms. The van der Waals surface area contributed by atoms with E-state index in [1.165, 1.54) is 76.3 Å². The predicted octanol–water partition coefficient (Wildman–Crippen LogP) is 13.5. The second kappa shape index (κ2) is 11.9. The Bertz CT molecular complexity index is 3130. The zero-order chi connectivity index (χ0) is 34.9. The number of aromatic nitrogens is 3. The van der Waals surface area contributed by atoms with Crippen molar-refractivity contribution in [3.8, 4) is 44.2 Å². The molecule has 11 aromatic rings. The minimum atomic E-state index is 1.04. The first-order valence-corrected chi connectivity index (χ1v) is 18.8. The minimum absolute atomic E-state index is 1.04. The topological polar surface area (TPSA) is 22.8 Å². The lowest BCUT2D eigenvalue weighted by Gasteiger charge is -2.10. The molecule has 0 aliphatic carbocycles. The molecule has 0 atom stereocenters. The highest BCUT2D eigenvalue weighted by atomic mass is 32.1. The summed E-state index contributed by atoms with van der Waals surface area (Å²) < 4.78 is 5.96. The number of fused-ring (bicyclic) bond motifs is 7. The third kappa shape index (κ3) is 4.84. The van der Waals surface area contributed by atoms with Crippen molar-refractivity contribution in [2.75, 3.05) is 0 Å². The summed E-state index contributed by atoms with van der Waals surface area (Å²) in [6.07, 6.45) is 0. The van der Waals surface area contributed by atoms with Crippen molar-refractivity contribution < 1.29 is 0 Å². The highest BCUT2D eigenvalue weighted by molar-refractivity contribution is 7.21. The van der Waals surface area contributed by atoms with Gasteiger partial charge >= 0.3 is 0 Å². The number of hydrogen-bond donors (Lipinski definition) is 0. The van der Waals surface area contributed by atoms with Gasteiger partial charge in [-0.2, -0.15) is 0 Å². The van der Waals surface area contributed by atoms with Gasteiger partial charge in [0.05, 0.1) is 32.3 Å². The number of thiazole rings is 1.